The van der Waals surface area contributed by atoms with Crippen molar-refractivity contribution in [3.8, 4) is 11.5 Å². The predicted octanol–water partition coefficient (Wildman–Crippen LogP) is 2.07. The van der Waals surface area contributed by atoms with Crippen LogP contribution in [0, 0.1) is 0 Å². The van der Waals surface area contributed by atoms with Crippen LogP contribution in [0.15, 0.2) is 23.6 Å². The molecule has 0 fully saturated rings. The largest absolute Gasteiger partial charge is 0.489 e. The van der Waals surface area contributed by atoms with Crippen LogP contribution in [0.25, 0.3) is 0 Å². The Morgan fingerprint density at radius 1 is 1.36 bits per heavy atom. The van der Waals surface area contributed by atoms with Gasteiger partial charge in [0, 0.05) is 19.2 Å². The first kappa shape index (κ1) is 15.3. The number of aromatic nitrogens is 3. The molecule has 1 aromatic heterocycles. The fourth-order valence-electron chi connectivity index (χ4n) is 2.30. The van der Waals surface area contributed by atoms with Crippen molar-refractivity contribution in [1.29, 1.82) is 0 Å². The second-order valence-corrected chi connectivity index (χ2v) is 6.65. The van der Waals surface area contributed by atoms with E-state index in [4.69, 9.17) is 21.1 Å². The summed E-state index contributed by atoms with van der Waals surface area (Å²) in [6, 6.07) is 3.82. The van der Waals surface area contributed by atoms with Gasteiger partial charge in [0.05, 0.1) is 29.0 Å². The molecular weight excluding hydrogens is 326 g/mol. The maximum atomic E-state index is 11.6. The Bertz CT molecular complexity index is 705. The summed E-state index contributed by atoms with van der Waals surface area (Å²) in [5.41, 5.74) is 1.02. The monoisotopic (exact) mass is 341 g/mol. The number of hydrogen-bond acceptors (Lipinski definition) is 5. The van der Waals surface area contributed by atoms with Gasteiger partial charge < -0.3 is 14.0 Å². The molecule has 2 aromatic rings. The van der Waals surface area contributed by atoms with Crippen molar-refractivity contribution in [2.24, 2.45) is 0 Å². The zero-order valence-electron chi connectivity index (χ0n) is 12.1. The number of fused-ring (bicyclic) bond motifs is 1. The summed E-state index contributed by atoms with van der Waals surface area (Å²) in [4.78, 5) is 0. The van der Waals surface area contributed by atoms with E-state index in [0.29, 0.717) is 47.9 Å². The lowest BCUT2D eigenvalue weighted by Gasteiger charge is -2.12. The average molecular weight is 342 g/mol. The molecule has 0 amide bonds. The predicted molar refractivity (Wildman–Crippen MR) is 83.1 cm³/mol. The highest BCUT2D eigenvalue weighted by Crippen LogP contribution is 2.38. The van der Waals surface area contributed by atoms with Crippen LogP contribution in [0.1, 0.15) is 12.0 Å². The molecule has 1 aliphatic heterocycles. The van der Waals surface area contributed by atoms with Gasteiger partial charge in [0.15, 0.2) is 11.5 Å². The molecule has 0 radical (unpaired) electrons. The van der Waals surface area contributed by atoms with Crippen molar-refractivity contribution in [3.05, 3.63) is 29.0 Å². The van der Waals surface area contributed by atoms with Gasteiger partial charge in [-0.15, -0.1) is 10.2 Å². The molecule has 1 unspecified atom stereocenters. The molecule has 1 aromatic carbocycles. The summed E-state index contributed by atoms with van der Waals surface area (Å²) < 4.78 is 24.6. The molecule has 6 nitrogen and oxygen atoms in total. The highest BCUT2D eigenvalue weighted by molar-refractivity contribution is 7.84. The molecule has 0 saturated heterocycles. The summed E-state index contributed by atoms with van der Waals surface area (Å²) in [5, 5.41) is 8.70. The Morgan fingerprint density at radius 2 is 2.18 bits per heavy atom. The zero-order valence-corrected chi connectivity index (χ0v) is 13.7. The smallest absolute Gasteiger partial charge is 0.221 e. The maximum absolute atomic E-state index is 11.6. The van der Waals surface area contributed by atoms with Gasteiger partial charge in [0.2, 0.25) is 5.16 Å². The quantitative estimate of drug-likeness (QED) is 0.851. The van der Waals surface area contributed by atoms with Crippen LogP contribution < -0.4 is 9.47 Å². The first-order valence-electron chi connectivity index (χ1n) is 6.94. The van der Waals surface area contributed by atoms with E-state index in [1.807, 2.05) is 12.1 Å². The van der Waals surface area contributed by atoms with Crippen molar-refractivity contribution in [2.75, 3.05) is 19.5 Å². The first-order chi connectivity index (χ1) is 10.6. The molecule has 118 valence electrons. The van der Waals surface area contributed by atoms with E-state index >= 15 is 0 Å². The molecular formula is C14H16ClN3O3S. The lowest BCUT2D eigenvalue weighted by atomic mass is 10.1. The Hall–Kier alpha value is -1.60. The van der Waals surface area contributed by atoms with Crippen molar-refractivity contribution < 1.29 is 13.7 Å². The third-order valence-corrected chi connectivity index (χ3v) is 4.45. The van der Waals surface area contributed by atoms with Crippen molar-refractivity contribution in [1.82, 2.24) is 14.8 Å². The third-order valence-electron chi connectivity index (χ3n) is 3.34. The fraction of sp³-hybridized carbons (Fsp3) is 0.429. The highest BCUT2D eigenvalue weighted by Gasteiger charge is 2.16. The van der Waals surface area contributed by atoms with Gasteiger partial charge in [-0.2, -0.15) is 0 Å². The highest BCUT2D eigenvalue weighted by atomic mass is 35.5. The average Bonchev–Trinajstić information content (AvgIpc) is 2.83. The van der Waals surface area contributed by atoms with Gasteiger partial charge in [-0.05, 0) is 24.1 Å². The van der Waals surface area contributed by atoms with Crippen LogP contribution in [0.3, 0.4) is 0 Å². The third kappa shape index (κ3) is 3.25. The summed E-state index contributed by atoms with van der Waals surface area (Å²) in [6.07, 6.45) is 4.72. The molecule has 2 heterocycles. The van der Waals surface area contributed by atoms with Gasteiger partial charge in [0.1, 0.15) is 6.33 Å². The Labute approximate surface area is 135 Å². The molecule has 22 heavy (non-hydrogen) atoms. The minimum atomic E-state index is -1.16. The van der Waals surface area contributed by atoms with E-state index in [2.05, 4.69) is 10.2 Å². The molecule has 0 N–H and O–H groups in total. The normalized spacial score (nSPS) is 15.4. The van der Waals surface area contributed by atoms with Crippen LogP contribution in [-0.2, 0) is 23.8 Å². The molecule has 0 spiro atoms. The molecule has 0 bridgehead atoms. The lowest BCUT2D eigenvalue weighted by molar-refractivity contribution is 0.297. The van der Waals surface area contributed by atoms with Gasteiger partial charge in [-0.3, -0.25) is 4.21 Å². The van der Waals surface area contributed by atoms with E-state index in [1.54, 1.807) is 17.2 Å². The second-order valence-electron chi connectivity index (χ2n) is 4.97. The summed E-state index contributed by atoms with van der Waals surface area (Å²) in [7, 11) is -1.16. The first-order valence-corrected chi connectivity index (χ1v) is 8.88. The Kier molecular flexibility index (Phi) is 4.63. The van der Waals surface area contributed by atoms with Crippen LogP contribution in [-0.4, -0.2) is 38.4 Å². The number of hydrogen-bond donors (Lipinski definition) is 0. The summed E-state index contributed by atoms with van der Waals surface area (Å²) in [6.45, 7) is 1.85. The van der Waals surface area contributed by atoms with Crippen LogP contribution in [0.2, 0.25) is 5.02 Å². The summed E-state index contributed by atoms with van der Waals surface area (Å²) >= 11 is 6.28. The van der Waals surface area contributed by atoms with Crippen molar-refractivity contribution in [3.63, 3.8) is 0 Å². The standard InChI is InChI=1S/C14H16ClN3O3S/c1-22(19)14-17-16-9-18(14)4-3-10-7-11(15)13-12(8-10)20-5-2-6-21-13/h7-9H,2-6H2,1H3. The van der Waals surface area contributed by atoms with Gasteiger partial charge in [0.25, 0.3) is 0 Å². The molecule has 1 atom stereocenters. The van der Waals surface area contributed by atoms with E-state index in [1.165, 1.54) is 0 Å². The number of rotatable bonds is 4. The Morgan fingerprint density at radius 3 is 3.00 bits per heavy atom. The molecule has 0 saturated carbocycles. The van der Waals surface area contributed by atoms with E-state index in [9.17, 15) is 4.21 Å². The van der Waals surface area contributed by atoms with Crippen molar-refractivity contribution in [2.45, 2.75) is 24.5 Å². The zero-order chi connectivity index (χ0) is 15.5. The van der Waals surface area contributed by atoms with Crippen LogP contribution in [0.4, 0.5) is 0 Å². The number of nitrogens with zero attached hydrogens (tertiary/aromatic N) is 3. The summed E-state index contributed by atoms with van der Waals surface area (Å²) in [5.74, 6) is 1.30. The minimum absolute atomic E-state index is 0.473. The topological polar surface area (TPSA) is 66.2 Å². The van der Waals surface area contributed by atoms with Gasteiger partial charge in [-0.1, -0.05) is 11.6 Å². The van der Waals surface area contributed by atoms with E-state index < -0.39 is 10.8 Å². The number of halogens is 1. The van der Waals surface area contributed by atoms with E-state index in [-0.39, 0.29) is 0 Å². The van der Waals surface area contributed by atoms with Gasteiger partial charge in [-0.25, -0.2) is 0 Å². The molecule has 1 aliphatic rings. The van der Waals surface area contributed by atoms with Crippen LogP contribution >= 0.6 is 11.6 Å². The number of aryl methyl sites for hydroxylation is 2. The maximum Gasteiger partial charge on any atom is 0.221 e. The minimum Gasteiger partial charge on any atom is -0.489 e. The fourth-order valence-corrected chi connectivity index (χ4v) is 3.22. The Balaban J connectivity index is 1.78. The number of benzene rings is 1. The molecule has 0 aliphatic carbocycles. The molecule has 8 heteroatoms. The lowest BCUT2D eigenvalue weighted by Crippen LogP contribution is -2.06. The van der Waals surface area contributed by atoms with E-state index in [0.717, 1.165) is 12.0 Å². The number of ether oxygens (including phenoxy) is 2. The van der Waals surface area contributed by atoms with Crippen molar-refractivity contribution >= 4 is 22.4 Å². The second kappa shape index (κ2) is 6.66. The van der Waals surface area contributed by atoms with Gasteiger partial charge >= 0.3 is 0 Å². The van der Waals surface area contributed by atoms with Crippen LogP contribution in [0.5, 0.6) is 11.5 Å². The molecule has 3 rings (SSSR count). The SMILES string of the molecule is CS(=O)c1nncn1CCc1cc(Cl)c2c(c1)OCCCO2.